The number of ether oxygens (including phenoxy) is 1. The number of pyridine rings is 1. The largest absolute Gasteiger partial charge is 0.496 e. The van der Waals surface area contributed by atoms with Crippen LogP contribution in [0.3, 0.4) is 0 Å². The SMILES string of the molecule is COc1cccc(CF)c1-c1cc(-c2cc(N)ccn2)on1. The average molecular weight is 299 g/mol. The minimum absolute atomic E-state index is 0.456. The van der Waals surface area contributed by atoms with Crippen LogP contribution in [0.5, 0.6) is 5.75 Å². The van der Waals surface area contributed by atoms with Gasteiger partial charge in [-0.05, 0) is 23.8 Å². The van der Waals surface area contributed by atoms with Gasteiger partial charge in [-0.15, -0.1) is 0 Å². The van der Waals surface area contributed by atoms with Gasteiger partial charge in [-0.25, -0.2) is 4.39 Å². The van der Waals surface area contributed by atoms with E-state index in [2.05, 4.69) is 10.1 Å². The first-order valence-electron chi connectivity index (χ1n) is 6.63. The number of halogens is 1. The summed E-state index contributed by atoms with van der Waals surface area (Å²) < 4.78 is 23.8. The summed E-state index contributed by atoms with van der Waals surface area (Å²) in [7, 11) is 1.53. The third-order valence-corrected chi connectivity index (χ3v) is 3.28. The lowest BCUT2D eigenvalue weighted by atomic mass is 10.0. The summed E-state index contributed by atoms with van der Waals surface area (Å²) in [5.74, 6) is 0.994. The second-order valence-corrected chi connectivity index (χ2v) is 4.68. The number of methoxy groups -OCH3 is 1. The molecule has 6 heteroatoms. The fourth-order valence-corrected chi connectivity index (χ4v) is 2.24. The second-order valence-electron chi connectivity index (χ2n) is 4.68. The Kier molecular flexibility index (Phi) is 3.74. The number of hydrogen-bond acceptors (Lipinski definition) is 5. The fourth-order valence-electron chi connectivity index (χ4n) is 2.24. The van der Waals surface area contributed by atoms with Gasteiger partial charge in [-0.3, -0.25) is 4.98 Å². The monoisotopic (exact) mass is 299 g/mol. The van der Waals surface area contributed by atoms with Crippen molar-refractivity contribution in [2.24, 2.45) is 0 Å². The second kappa shape index (κ2) is 5.85. The lowest BCUT2D eigenvalue weighted by molar-refractivity contribution is 0.410. The molecule has 112 valence electrons. The summed E-state index contributed by atoms with van der Waals surface area (Å²) in [6, 6.07) is 10.2. The molecule has 3 aromatic rings. The van der Waals surface area contributed by atoms with Crippen LogP contribution in [0.1, 0.15) is 5.56 Å². The number of alkyl halides is 1. The Morgan fingerprint density at radius 3 is 2.82 bits per heavy atom. The smallest absolute Gasteiger partial charge is 0.185 e. The van der Waals surface area contributed by atoms with Gasteiger partial charge in [0, 0.05) is 18.0 Å². The molecule has 2 aromatic heterocycles. The molecule has 0 fully saturated rings. The van der Waals surface area contributed by atoms with Crippen LogP contribution in [-0.4, -0.2) is 17.3 Å². The van der Waals surface area contributed by atoms with Gasteiger partial charge in [0.25, 0.3) is 0 Å². The van der Waals surface area contributed by atoms with E-state index in [0.717, 1.165) is 0 Å². The molecule has 0 radical (unpaired) electrons. The topological polar surface area (TPSA) is 74.2 Å². The van der Waals surface area contributed by atoms with E-state index < -0.39 is 6.67 Å². The minimum Gasteiger partial charge on any atom is -0.496 e. The Hall–Kier alpha value is -2.89. The van der Waals surface area contributed by atoms with Crippen molar-refractivity contribution in [1.29, 1.82) is 0 Å². The lowest BCUT2D eigenvalue weighted by Crippen LogP contribution is -1.93. The Morgan fingerprint density at radius 2 is 2.09 bits per heavy atom. The van der Waals surface area contributed by atoms with E-state index >= 15 is 0 Å². The first-order chi connectivity index (χ1) is 10.7. The van der Waals surface area contributed by atoms with Crippen LogP contribution in [0.4, 0.5) is 10.1 Å². The van der Waals surface area contributed by atoms with E-state index in [9.17, 15) is 4.39 Å². The zero-order valence-corrected chi connectivity index (χ0v) is 11.9. The molecule has 2 heterocycles. The van der Waals surface area contributed by atoms with Crippen LogP contribution in [0.15, 0.2) is 47.1 Å². The van der Waals surface area contributed by atoms with Crippen LogP contribution < -0.4 is 10.5 Å². The van der Waals surface area contributed by atoms with Gasteiger partial charge in [-0.2, -0.15) is 0 Å². The molecule has 2 N–H and O–H groups in total. The number of nitrogens with zero attached hydrogens (tertiary/aromatic N) is 2. The van der Waals surface area contributed by atoms with Gasteiger partial charge in [0.2, 0.25) is 0 Å². The summed E-state index contributed by atoms with van der Waals surface area (Å²) in [4.78, 5) is 4.18. The van der Waals surface area contributed by atoms with Crippen molar-refractivity contribution < 1.29 is 13.7 Å². The number of nitrogen functional groups attached to an aromatic ring is 1. The van der Waals surface area contributed by atoms with Crippen molar-refractivity contribution in [1.82, 2.24) is 10.1 Å². The number of nitrogens with two attached hydrogens (primary N) is 1. The number of hydrogen-bond donors (Lipinski definition) is 1. The van der Waals surface area contributed by atoms with Crippen molar-refractivity contribution >= 4 is 5.69 Å². The molecule has 0 bridgehead atoms. The minimum atomic E-state index is -0.620. The Bertz CT molecular complexity index is 779. The maximum absolute atomic E-state index is 13.2. The van der Waals surface area contributed by atoms with Crippen LogP contribution in [0.25, 0.3) is 22.7 Å². The van der Waals surface area contributed by atoms with E-state index in [1.807, 2.05) is 0 Å². The molecule has 0 saturated heterocycles. The third kappa shape index (κ3) is 2.50. The average Bonchev–Trinajstić information content (AvgIpc) is 3.03. The van der Waals surface area contributed by atoms with Crippen molar-refractivity contribution in [3.63, 3.8) is 0 Å². The molecule has 0 saturated carbocycles. The highest BCUT2D eigenvalue weighted by atomic mass is 19.1. The van der Waals surface area contributed by atoms with Crippen molar-refractivity contribution in [2.75, 3.05) is 12.8 Å². The van der Waals surface area contributed by atoms with Crippen molar-refractivity contribution in [2.45, 2.75) is 6.67 Å². The molecule has 0 aliphatic rings. The van der Waals surface area contributed by atoms with Crippen LogP contribution in [-0.2, 0) is 6.67 Å². The number of rotatable bonds is 4. The summed E-state index contributed by atoms with van der Waals surface area (Å²) in [5.41, 5.74) is 8.42. The molecule has 3 rings (SSSR count). The predicted molar refractivity (Wildman–Crippen MR) is 80.9 cm³/mol. The molecular weight excluding hydrogens is 285 g/mol. The highest BCUT2D eigenvalue weighted by Crippen LogP contribution is 2.35. The third-order valence-electron chi connectivity index (χ3n) is 3.28. The predicted octanol–water partition coefficient (Wildman–Crippen LogP) is 3.46. The van der Waals surface area contributed by atoms with E-state index in [1.165, 1.54) is 7.11 Å². The van der Waals surface area contributed by atoms with Crippen LogP contribution in [0, 0.1) is 0 Å². The van der Waals surface area contributed by atoms with E-state index in [-0.39, 0.29) is 0 Å². The molecule has 0 unspecified atom stereocenters. The quantitative estimate of drug-likeness (QED) is 0.798. The van der Waals surface area contributed by atoms with E-state index in [4.69, 9.17) is 15.0 Å². The Labute approximate surface area is 126 Å². The van der Waals surface area contributed by atoms with Gasteiger partial charge < -0.3 is 15.0 Å². The Morgan fingerprint density at radius 1 is 1.23 bits per heavy atom. The van der Waals surface area contributed by atoms with Gasteiger partial charge in [0.05, 0.1) is 12.7 Å². The maximum Gasteiger partial charge on any atom is 0.185 e. The summed E-state index contributed by atoms with van der Waals surface area (Å²) in [5, 5.41) is 4.01. The molecular formula is C16H14FN3O2. The highest BCUT2D eigenvalue weighted by Gasteiger charge is 2.17. The zero-order chi connectivity index (χ0) is 15.5. The number of benzene rings is 1. The van der Waals surface area contributed by atoms with E-state index in [1.54, 1.807) is 42.6 Å². The van der Waals surface area contributed by atoms with E-state index in [0.29, 0.717) is 39.7 Å². The molecule has 0 amide bonds. The summed E-state index contributed by atoms with van der Waals surface area (Å²) in [6.45, 7) is -0.620. The lowest BCUT2D eigenvalue weighted by Gasteiger charge is -2.08. The van der Waals surface area contributed by atoms with Gasteiger partial charge in [-0.1, -0.05) is 17.3 Å². The molecule has 0 aliphatic carbocycles. The molecule has 22 heavy (non-hydrogen) atoms. The number of anilines is 1. The number of aromatic nitrogens is 2. The molecule has 5 nitrogen and oxygen atoms in total. The fraction of sp³-hybridized carbons (Fsp3) is 0.125. The first-order valence-corrected chi connectivity index (χ1v) is 6.63. The zero-order valence-electron chi connectivity index (χ0n) is 11.9. The molecule has 0 spiro atoms. The van der Waals surface area contributed by atoms with Crippen molar-refractivity contribution in [3.05, 3.63) is 48.2 Å². The summed E-state index contributed by atoms with van der Waals surface area (Å²) >= 11 is 0. The van der Waals surface area contributed by atoms with Crippen LogP contribution in [0.2, 0.25) is 0 Å². The van der Waals surface area contributed by atoms with Gasteiger partial charge in [0.15, 0.2) is 5.76 Å². The molecule has 0 aliphatic heterocycles. The molecule has 0 atom stereocenters. The normalized spacial score (nSPS) is 10.6. The van der Waals surface area contributed by atoms with Gasteiger partial charge in [0.1, 0.15) is 23.8 Å². The highest BCUT2D eigenvalue weighted by molar-refractivity contribution is 5.74. The van der Waals surface area contributed by atoms with Crippen molar-refractivity contribution in [3.8, 4) is 28.5 Å². The summed E-state index contributed by atoms with van der Waals surface area (Å²) in [6.07, 6.45) is 1.59. The van der Waals surface area contributed by atoms with Gasteiger partial charge >= 0.3 is 0 Å². The Balaban J connectivity index is 2.08. The molecule has 1 aromatic carbocycles. The maximum atomic E-state index is 13.2. The van der Waals surface area contributed by atoms with Crippen LogP contribution >= 0.6 is 0 Å². The standard InChI is InChI=1S/C16H14FN3O2/c1-21-14-4-2-3-10(9-17)16(14)13-8-15(22-20-13)12-7-11(18)5-6-19-12/h2-8H,9H2,1H3,(H2,18,19). The first kappa shape index (κ1) is 14.1.